The van der Waals surface area contributed by atoms with E-state index in [2.05, 4.69) is 51.8 Å². The summed E-state index contributed by atoms with van der Waals surface area (Å²) >= 11 is 3.63. The SMILES string of the molecule is CCCNC(CCC)c1c(Br)cnn1CCC. The largest absolute Gasteiger partial charge is 0.309 e. The highest BCUT2D eigenvalue weighted by atomic mass is 79.9. The smallest absolute Gasteiger partial charge is 0.0695 e. The first-order valence-corrected chi connectivity index (χ1v) is 7.48. The molecule has 0 fully saturated rings. The van der Waals surface area contributed by atoms with Crippen molar-refractivity contribution in [1.82, 2.24) is 15.1 Å². The van der Waals surface area contributed by atoms with Gasteiger partial charge in [0, 0.05) is 6.54 Å². The molecular weight excluding hydrogens is 278 g/mol. The van der Waals surface area contributed by atoms with Crippen molar-refractivity contribution in [3.8, 4) is 0 Å². The molecule has 0 aliphatic heterocycles. The van der Waals surface area contributed by atoms with Crippen molar-refractivity contribution in [3.05, 3.63) is 16.4 Å². The van der Waals surface area contributed by atoms with E-state index in [4.69, 9.17) is 0 Å². The van der Waals surface area contributed by atoms with Crippen LogP contribution in [-0.4, -0.2) is 16.3 Å². The second-order valence-electron chi connectivity index (χ2n) is 4.40. The van der Waals surface area contributed by atoms with Crippen LogP contribution in [0.3, 0.4) is 0 Å². The van der Waals surface area contributed by atoms with Crippen molar-refractivity contribution < 1.29 is 0 Å². The molecule has 4 heteroatoms. The summed E-state index contributed by atoms with van der Waals surface area (Å²) in [7, 11) is 0. The molecule has 1 heterocycles. The predicted octanol–water partition coefficient (Wildman–Crippen LogP) is 3.90. The Balaban J connectivity index is 2.86. The second-order valence-corrected chi connectivity index (χ2v) is 5.25. The quantitative estimate of drug-likeness (QED) is 0.789. The highest BCUT2D eigenvalue weighted by Gasteiger charge is 2.18. The zero-order chi connectivity index (χ0) is 12.7. The Bertz CT molecular complexity index is 322. The van der Waals surface area contributed by atoms with Crippen molar-refractivity contribution in [2.24, 2.45) is 0 Å². The van der Waals surface area contributed by atoms with Gasteiger partial charge in [-0.05, 0) is 41.7 Å². The van der Waals surface area contributed by atoms with Crippen LogP contribution in [0.15, 0.2) is 10.7 Å². The summed E-state index contributed by atoms with van der Waals surface area (Å²) in [6.07, 6.45) is 6.55. The zero-order valence-electron chi connectivity index (χ0n) is 11.2. The van der Waals surface area contributed by atoms with E-state index in [0.29, 0.717) is 6.04 Å². The molecule has 0 saturated heterocycles. The average molecular weight is 302 g/mol. The number of nitrogens with one attached hydrogen (secondary N) is 1. The second kappa shape index (κ2) is 7.88. The molecule has 0 aliphatic rings. The number of aryl methyl sites for hydroxylation is 1. The minimum atomic E-state index is 0.420. The molecule has 1 unspecified atom stereocenters. The fourth-order valence-electron chi connectivity index (χ4n) is 2.05. The number of hydrogen-bond donors (Lipinski definition) is 1. The molecule has 1 N–H and O–H groups in total. The van der Waals surface area contributed by atoms with Gasteiger partial charge in [0.2, 0.25) is 0 Å². The minimum absolute atomic E-state index is 0.420. The lowest BCUT2D eigenvalue weighted by Crippen LogP contribution is -2.25. The minimum Gasteiger partial charge on any atom is -0.309 e. The number of rotatable bonds is 8. The molecule has 0 amide bonds. The standard InChI is InChI=1S/C13H24BrN3/c1-4-7-12(15-8-5-2)13-11(14)10-16-17(13)9-6-3/h10,12,15H,4-9H2,1-3H3. The van der Waals surface area contributed by atoms with Gasteiger partial charge >= 0.3 is 0 Å². The maximum atomic E-state index is 4.45. The van der Waals surface area contributed by atoms with E-state index in [-0.39, 0.29) is 0 Å². The van der Waals surface area contributed by atoms with E-state index < -0.39 is 0 Å². The van der Waals surface area contributed by atoms with Gasteiger partial charge < -0.3 is 5.32 Å². The molecule has 17 heavy (non-hydrogen) atoms. The fourth-order valence-corrected chi connectivity index (χ4v) is 2.62. The molecule has 0 aliphatic carbocycles. The van der Waals surface area contributed by atoms with Gasteiger partial charge in [0.25, 0.3) is 0 Å². The molecule has 0 spiro atoms. The van der Waals surface area contributed by atoms with Crippen molar-refractivity contribution in [2.75, 3.05) is 6.54 Å². The first kappa shape index (κ1) is 14.7. The monoisotopic (exact) mass is 301 g/mol. The number of nitrogens with zero attached hydrogens (tertiary/aromatic N) is 2. The molecule has 0 radical (unpaired) electrons. The third-order valence-electron chi connectivity index (χ3n) is 2.82. The van der Waals surface area contributed by atoms with Gasteiger partial charge in [-0.15, -0.1) is 0 Å². The molecule has 1 rings (SSSR count). The first-order valence-electron chi connectivity index (χ1n) is 6.69. The van der Waals surface area contributed by atoms with Gasteiger partial charge in [0.1, 0.15) is 0 Å². The van der Waals surface area contributed by atoms with Gasteiger partial charge in [-0.3, -0.25) is 4.68 Å². The Hall–Kier alpha value is -0.350. The van der Waals surface area contributed by atoms with Crippen LogP contribution in [0.2, 0.25) is 0 Å². The van der Waals surface area contributed by atoms with Crippen LogP contribution >= 0.6 is 15.9 Å². The van der Waals surface area contributed by atoms with Crippen LogP contribution in [0.4, 0.5) is 0 Å². The molecule has 1 aromatic rings. The van der Waals surface area contributed by atoms with E-state index >= 15 is 0 Å². The van der Waals surface area contributed by atoms with Crippen LogP contribution in [0.1, 0.15) is 58.2 Å². The summed E-state index contributed by atoms with van der Waals surface area (Å²) in [4.78, 5) is 0. The van der Waals surface area contributed by atoms with Crippen molar-refractivity contribution >= 4 is 15.9 Å². The summed E-state index contributed by atoms with van der Waals surface area (Å²) < 4.78 is 3.26. The number of aromatic nitrogens is 2. The van der Waals surface area contributed by atoms with E-state index in [1.807, 2.05) is 6.20 Å². The van der Waals surface area contributed by atoms with Crippen LogP contribution < -0.4 is 5.32 Å². The van der Waals surface area contributed by atoms with Crippen molar-refractivity contribution in [3.63, 3.8) is 0 Å². The molecule has 1 aromatic heterocycles. The molecule has 0 bridgehead atoms. The first-order chi connectivity index (χ1) is 8.24. The molecular formula is C13H24BrN3. The summed E-state index contributed by atoms with van der Waals surface area (Å²) in [6, 6.07) is 0.420. The third kappa shape index (κ3) is 4.11. The molecule has 0 aromatic carbocycles. The van der Waals surface area contributed by atoms with Crippen LogP contribution in [0.25, 0.3) is 0 Å². The van der Waals surface area contributed by atoms with Crippen molar-refractivity contribution in [1.29, 1.82) is 0 Å². The zero-order valence-corrected chi connectivity index (χ0v) is 12.8. The van der Waals surface area contributed by atoms with Crippen LogP contribution in [-0.2, 0) is 6.54 Å². The van der Waals surface area contributed by atoms with E-state index in [1.54, 1.807) is 0 Å². The number of hydrogen-bond acceptors (Lipinski definition) is 2. The van der Waals surface area contributed by atoms with E-state index in [1.165, 1.54) is 18.5 Å². The van der Waals surface area contributed by atoms with Crippen LogP contribution in [0.5, 0.6) is 0 Å². The summed E-state index contributed by atoms with van der Waals surface area (Å²) in [5, 5.41) is 8.07. The topological polar surface area (TPSA) is 29.9 Å². The molecule has 98 valence electrons. The summed E-state index contributed by atoms with van der Waals surface area (Å²) in [5.41, 5.74) is 1.31. The highest BCUT2D eigenvalue weighted by Crippen LogP contribution is 2.26. The Morgan fingerprint density at radius 3 is 2.65 bits per heavy atom. The lowest BCUT2D eigenvalue weighted by atomic mass is 10.1. The number of halogens is 1. The Morgan fingerprint density at radius 2 is 2.06 bits per heavy atom. The molecule has 3 nitrogen and oxygen atoms in total. The maximum absolute atomic E-state index is 4.45. The van der Waals surface area contributed by atoms with Gasteiger partial charge in [-0.25, -0.2) is 0 Å². The average Bonchev–Trinajstić information content (AvgIpc) is 2.67. The summed E-state index contributed by atoms with van der Waals surface area (Å²) in [5.74, 6) is 0. The fraction of sp³-hybridized carbons (Fsp3) is 0.769. The molecule has 1 atom stereocenters. The lowest BCUT2D eigenvalue weighted by molar-refractivity contribution is 0.444. The maximum Gasteiger partial charge on any atom is 0.0695 e. The predicted molar refractivity (Wildman–Crippen MR) is 76.2 cm³/mol. The summed E-state index contributed by atoms with van der Waals surface area (Å²) in [6.45, 7) is 8.68. The Morgan fingerprint density at radius 1 is 1.29 bits per heavy atom. The Labute approximate surface area is 113 Å². The van der Waals surface area contributed by atoms with Gasteiger partial charge in [0.15, 0.2) is 0 Å². The van der Waals surface area contributed by atoms with Crippen molar-refractivity contribution in [2.45, 2.75) is 59.0 Å². The van der Waals surface area contributed by atoms with Gasteiger partial charge in [0.05, 0.1) is 22.4 Å². The van der Waals surface area contributed by atoms with Gasteiger partial charge in [-0.1, -0.05) is 27.2 Å². The molecule has 0 saturated carbocycles. The third-order valence-corrected chi connectivity index (χ3v) is 3.43. The van der Waals surface area contributed by atoms with E-state index in [9.17, 15) is 0 Å². The Kier molecular flexibility index (Phi) is 6.82. The normalized spacial score (nSPS) is 12.9. The van der Waals surface area contributed by atoms with Crippen LogP contribution in [0, 0.1) is 0 Å². The van der Waals surface area contributed by atoms with Gasteiger partial charge in [-0.2, -0.15) is 5.10 Å². The van der Waals surface area contributed by atoms with E-state index in [0.717, 1.165) is 30.4 Å². The highest BCUT2D eigenvalue weighted by molar-refractivity contribution is 9.10. The lowest BCUT2D eigenvalue weighted by Gasteiger charge is -2.20.